The van der Waals surface area contributed by atoms with E-state index >= 15 is 0 Å². The van der Waals surface area contributed by atoms with E-state index in [4.69, 9.17) is 22.1 Å². The minimum Gasteiger partial charge on any atom is -0.487 e. The summed E-state index contributed by atoms with van der Waals surface area (Å²) in [7, 11) is 0. The summed E-state index contributed by atoms with van der Waals surface area (Å²) < 4.78 is 33.1. The molecule has 122 valence electrons. The molecule has 2 rings (SSSR count). The van der Waals surface area contributed by atoms with E-state index in [1.165, 1.54) is 6.08 Å². The number of ether oxygens (including phenoxy) is 1. The van der Waals surface area contributed by atoms with Crippen molar-refractivity contribution in [2.24, 2.45) is 0 Å². The van der Waals surface area contributed by atoms with Gasteiger partial charge in [-0.1, -0.05) is 37.2 Å². The molecular formula is C17H17ClF2N2O. The molecule has 0 heterocycles. The fourth-order valence-corrected chi connectivity index (χ4v) is 2.27. The monoisotopic (exact) mass is 338 g/mol. The Balaban J connectivity index is 2.42. The summed E-state index contributed by atoms with van der Waals surface area (Å²) in [5, 5.41) is 3.13. The van der Waals surface area contributed by atoms with Crippen LogP contribution in [-0.2, 0) is 6.42 Å². The van der Waals surface area contributed by atoms with Crippen molar-refractivity contribution in [3.8, 4) is 5.75 Å². The Morgan fingerprint density at radius 3 is 2.70 bits per heavy atom. The second-order valence-electron chi connectivity index (χ2n) is 4.85. The molecule has 0 aliphatic carbocycles. The van der Waals surface area contributed by atoms with Crippen molar-refractivity contribution in [3.63, 3.8) is 0 Å². The smallest absolute Gasteiger partial charge is 0.184 e. The van der Waals surface area contributed by atoms with Crippen LogP contribution in [0.1, 0.15) is 12.5 Å². The van der Waals surface area contributed by atoms with Crippen molar-refractivity contribution >= 4 is 28.7 Å². The van der Waals surface area contributed by atoms with Crippen molar-refractivity contribution in [2.75, 3.05) is 17.7 Å². The molecular weight excluding hydrogens is 322 g/mol. The number of aryl methyl sites for hydroxylation is 1. The SMILES string of the molecule is C=CCOc1cc(F)c(F)c(Nc2ccc(CC)cc2Cl)c1N. The third kappa shape index (κ3) is 3.74. The van der Waals surface area contributed by atoms with Gasteiger partial charge in [-0.3, -0.25) is 0 Å². The molecule has 0 saturated heterocycles. The van der Waals surface area contributed by atoms with Gasteiger partial charge in [0.25, 0.3) is 0 Å². The zero-order valence-corrected chi connectivity index (χ0v) is 13.4. The maximum Gasteiger partial charge on any atom is 0.184 e. The molecule has 0 spiro atoms. The lowest BCUT2D eigenvalue weighted by Gasteiger charge is -2.16. The molecule has 2 aromatic carbocycles. The molecule has 23 heavy (non-hydrogen) atoms. The van der Waals surface area contributed by atoms with E-state index in [1.54, 1.807) is 12.1 Å². The fraction of sp³-hybridized carbons (Fsp3) is 0.176. The van der Waals surface area contributed by atoms with Crippen LogP contribution in [0.2, 0.25) is 5.02 Å². The molecule has 0 unspecified atom stereocenters. The maximum absolute atomic E-state index is 14.1. The zero-order valence-electron chi connectivity index (χ0n) is 12.6. The van der Waals surface area contributed by atoms with Crippen LogP contribution in [0.15, 0.2) is 36.9 Å². The molecule has 0 aromatic heterocycles. The lowest BCUT2D eigenvalue weighted by molar-refractivity contribution is 0.361. The van der Waals surface area contributed by atoms with Crippen LogP contribution < -0.4 is 15.8 Å². The van der Waals surface area contributed by atoms with E-state index in [-0.39, 0.29) is 23.7 Å². The van der Waals surface area contributed by atoms with Crippen LogP contribution in [0.4, 0.5) is 25.8 Å². The highest BCUT2D eigenvalue weighted by Gasteiger charge is 2.18. The van der Waals surface area contributed by atoms with Crippen LogP contribution in [-0.4, -0.2) is 6.61 Å². The van der Waals surface area contributed by atoms with E-state index in [0.717, 1.165) is 18.1 Å². The largest absolute Gasteiger partial charge is 0.487 e. The third-order valence-electron chi connectivity index (χ3n) is 3.28. The van der Waals surface area contributed by atoms with E-state index in [0.29, 0.717) is 10.7 Å². The molecule has 0 amide bonds. The number of hydrogen-bond acceptors (Lipinski definition) is 3. The Bertz CT molecular complexity index is 735. The zero-order chi connectivity index (χ0) is 17.0. The molecule has 0 bridgehead atoms. The number of nitrogens with one attached hydrogen (secondary N) is 1. The Kier molecular flexibility index (Phi) is 5.45. The number of nitrogen functional groups attached to an aromatic ring is 1. The van der Waals surface area contributed by atoms with Gasteiger partial charge in [-0.25, -0.2) is 8.78 Å². The lowest BCUT2D eigenvalue weighted by atomic mass is 10.1. The molecule has 0 aliphatic rings. The average Bonchev–Trinajstić information content (AvgIpc) is 2.54. The first-order valence-corrected chi connectivity index (χ1v) is 7.42. The van der Waals surface area contributed by atoms with Crippen LogP contribution in [0.5, 0.6) is 5.75 Å². The van der Waals surface area contributed by atoms with Crippen molar-refractivity contribution < 1.29 is 13.5 Å². The van der Waals surface area contributed by atoms with E-state index in [2.05, 4.69) is 11.9 Å². The molecule has 0 saturated carbocycles. The fourth-order valence-electron chi connectivity index (χ4n) is 2.02. The highest BCUT2D eigenvalue weighted by Crippen LogP contribution is 2.37. The second-order valence-corrected chi connectivity index (χ2v) is 5.26. The normalized spacial score (nSPS) is 10.4. The van der Waals surface area contributed by atoms with Crippen LogP contribution in [0.25, 0.3) is 0 Å². The van der Waals surface area contributed by atoms with Gasteiger partial charge >= 0.3 is 0 Å². The van der Waals surface area contributed by atoms with Gasteiger partial charge in [0.15, 0.2) is 11.6 Å². The average molecular weight is 339 g/mol. The van der Waals surface area contributed by atoms with E-state index < -0.39 is 11.6 Å². The molecule has 6 heteroatoms. The van der Waals surface area contributed by atoms with Gasteiger partial charge in [-0.05, 0) is 24.1 Å². The van der Waals surface area contributed by atoms with Gasteiger partial charge in [0, 0.05) is 6.07 Å². The summed E-state index contributed by atoms with van der Waals surface area (Å²) >= 11 is 6.16. The van der Waals surface area contributed by atoms with Crippen molar-refractivity contribution in [2.45, 2.75) is 13.3 Å². The molecule has 2 aromatic rings. The summed E-state index contributed by atoms with van der Waals surface area (Å²) in [6.45, 7) is 5.61. The summed E-state index contributed by atoms with van der Waals surface area (Å²) in [4.78, 5) is 0. The minimum atomic E-state index is -1.09. The molecule has 3 N–H and O–H groups in total. The van der Waals surface area contributed by atoms with Gasteiger partial charge in [0.1, 0.15) is 23.7 Å². The molecule has 0 radical (unpaired) electrons. The van der Waals surface area contributed by atoms with Crippen molar-refractivity contribution in [1.82, 2.24) is 0 Å². The van der Waals surface area contributed by atoms with Gasteiger partial charge in [0.2, 0.25) is 0 Å². The van der Waals surface area contributed by atoms with Gasteiger partial charge in [-0.15, -0.1) is 0 Å². The second kappa shape index (κ2) is 7.33. The van der Waals surface area contributed by atoms with Gasteiger partial charge in [0.05, 0.1) is 10.7 Å². The molecule has 0 aliphatic heterocycles. The number of anilines is 3. The van der Waals surface area contributed by atoms with Crippen LogP contribution in [0, 0.1) is 11.6 Å². The van der Waals surface area contributed by atoms with E-state index in [9.17, 15) is 8.78 Å². The first-order valence-electron chi connectivity index (χ1n) is 7.04. The predicted octanol–water partition coefficient (Wildman–Crippen LogP) is 5.07. The Hall–Kier alpha value is -2.27. The molecule has 0 fully saturated rings. The number of halogens is 3. The highest BCUT2D eigenvalue weighted by molar-refractivity contribution is 6.33. The number of rotatable bonds is 6. The van der Waals surface area contributed by atoms with Crippen molar-refractivity contribution in [3.05, 3.63) is 59.1 Å². The first kappa shape index (κ1) is 17.1. The summed E-state index contributed by atoms with van der Waals surface area (Å²) in [5.74, 6) is -2.13. The van der Waals surface area contributed by atoms with Crippen molar-refractivity contribution in [1.29, 1.82) is 0 Å². The van der Waals surface area contributed by atoms with Crippen LogP contribution >= 0.6 is 11.6 Å². The molecule has 0 atom stereocenters. The summed E-state index contributed by atoms with van der Waals surface area (Å²) in [5.41, 5.74) is 7.08. The van der Waals surface area contributed by atoms with Gasteiger partial charge < -0.3 is 15.8 Å². The number of nitrogens with two attached hydrogens (primary N) is 1. The predicted molar refractivity (Wildman–Crippen MR) is 90.6 cm³/mol. The number of hydrogen-bond donors (Lipinski definition) is 2. The number of benzene rings is 2. The maximum atomic E-state index is 14.1. The van der Waals surface area contributed by atoms with Gasteiger partial charge in [-0.2, -0.15) is 0 Å². The highest BCUT2D eigenvalue weighted by atomic mass is 35.5. The Morgan fingerprint density at radius 2 is 2.09 bits per heavy atom. The standard InChI is InChI=1S/C17H17ClF2N2O/c1-3-7-23-14-9-12(19)15(20)17(16(14)21)22-13-6-5-10(4-2)8-11(13)18/h3,5-6,8-9,22H,1,4,7,21H2,2H3. The Morgan fingerprint density at radius 1 is 1.35 bits per heavy atom. The van der Waals surface area contributed by atoms with Crippen LogP contribution in [0.3, 0.4) is 0 Å². The summed E-state index contributed by atoms with van der Waals surface area (Å²) in [6, 6.07) is 6.19. The quantitative estimate of drug-likeness (QED) is 0.571. The minimum absolute atomic E-state index is 0.0348. The van der Waals surface area contributed by atoms with E-state index in [1.807, 2.05) is 13.0 Å². The third-order valence-corrected chi connectivity index (χ3v) is 3.59. The molecule has 3 nitrogen and oxygen atoms in total. The summed E-state index contributed by atoms with van der Waals surface area (Å²) in [6.07, 6.45) is 2.30. The lowest BCUT2D eigenvalue weighted by Crippen LogP contribution is -2.06. The Labute approximate surface area is 138 Å². The first-order chi connectivity index (χ1) is 11.0. The topological polar surface area (TPSA) is 47.3 Å².